The number of morpholine rings is 1. The van der Waals surface area contributed by atoms with Gasteiger partial charge in [-0.15, -0.1) is 0 Å². The van der Waals surface area contributed by atoms with E-state index in [1.807, 2.05) is 0 Å². The van der Waals surface area contributed by atoms with E-state index in [1.165, 1.54) is 0 Å². The number of nitriles is 1. The number of hydrogen-bond acceptors (Lipinski definition) is 4. The molecule has 0 saturated carbocycles. The fourth-order valence-corrected chi connectivity index (χ4v) is 1.66. The first-order valence-electron chi connectivity index (χ1n) is 5.24. The van der Waals surface area contributed by atoms with Crippen molar-refractivity contribution in [2.45, 2.75) is 31.8 Å². The molecule has 0 radical (unpaired) electrons. The summed E-state index contributed by atoms with van der Waals surface area (Å²) in [6.45, 7) is 5.52. The minimum absolute atomic E-state index is 0.447. The maximum atomic E-state index is 8.38. The van der Waals surface area contributed by atoms with Crippen LogP contribution in [0.25, 0.3) is 0 Å². The third-order valence-corrected chi connectivity index (χ3v) is 2.37. The van der Waals surface area contributed by atoms with E-state index in [0.29, 0.717) is 18.5 Å². The van der Waals surface area contributed by atoms with E-state index >= 15 is 0 Å². The molecule has 14 heavy (non-hydrogen) atoms. The van der Waals surface area contributed by atoms with Crippen LogP contribution in [0.1, 0.15) is 19.8 Å². The molecule has 1 heterocycles. The second kappa shape index (κ2) is 6.77. The molecule has 2 N–H and O–H groups in total. The molecular weight excluding hydrogens is 178 g/mol. The minimum atomic E-state index is 0.447. The number of rotatable bonds is 5. The van der Waals surface area contributed by atoms with Gasteiger partial charge < -0.3 is 15.4 Å². The summed E-state index contributed by atoms with van der Waals surface area (Å²) in [5.74, 6) is 0. The number of nitrogens with zero attached hydrogens (tertiary/aromatic N) is 1. The van der Waals surface area contributed by atoms with E-state index in [-0.39, 0.29) is 0 Å². The van der Waals surface area contributed by atoms with Crippen LogP contribution in [0.5, 0.6) is 0 Å². The Bertz CT molecular complexity index is 184. The number of ether oxygens (including phenoxy) is 1. The second-order valence-corrected chi connectivity index (χ2v) is 3.72. The first-order chi connectivity index (χ1) is 6.83. The summed E-state index contributed by atoms with van der Waals surface area (Å²) in [6.07, 6.45) is 1.64. The Balaban J connectivity index is 2.06. The highest BCUT2D eigenvalue weighted by atomic mass is 16.5. The average Bonchev–Trinajstić information content (AvgIpc) is 2.20. The summed E-state index contributed by atoms with van der Waals surface area (Å²) in [5.41, 5.74) is 0. The molecule has 2 unspecified atom stereocenters. The van der Waals surface area contributed by atoms with Crippen molar-refractivity contribution < 1.29 is 4.74 Å². The van der Waals surface area contributed by atoms with Gasteiger partial charge in [0.2, 0.25) is 0 Å². The van der Waals surface area contributed by atoms with Crippen LogP contribution >= 0.6 is 0 Å². The molecule has 1 saturated heterocycles. The Morgan fingerprint density at radius 2 is 2.57 bits per heavy atom. The quantitative estimate of drug-likeness (QED) is 0.621. The zero-order valence-electron chi connectivity index (χ0n) is 8.75. The van der Waals surface area contributed by atoms with Gasteiger partial charge in [0.25, 0.3) is 0 Å². The summed E-state index contributed by atoms with van der Waals surface area (Å²) in [6, 6.07) is 3.04. The molecule has 0 aliphatic carbocycles. The number of nitrogens with one attached hydrogen (secondary N) is 2. The van der Waals surface area contributed by atoms with Gasteiger partial charge in [0.1, 0.15) is 0 Å². The molecule has 4 heteroatoms. The topological polar surface area (TPSA) is 57.1 Å². The fourth-order valence-electron chi connectivity index (χ4n) is 1.66. The van der Waals surface area contributed by atoms with Crippen LogP contribution in [0.15, 0.2) is 0 Å². The lowest BCUT2D eigenvalue weighted by Crippen LogP contribution is -2.45. The Morgan fingerprint density at radius 1 is 1.71 bits per heavy atom. The van der Waals surface area contributed by atoms with Crippen LogP contribution in [-0.4, -0.2) is 38.4 Å². The fraction of sp³-hybridized carbons (Fsp3) is 0.900. The van der Waals surface area contributed by atoms with Gasteiger partial charge in [0.05, 0.1) is 19.3 Å². The molecule has 2 atom stereocenters. The molecule has 0 bridgehead atoms. The van der Waals surface area contributed by atoms with E-state index in [9.17, 15) is 0 Å². The summed E-state index contributed by atoms with van der Waals surface area (Å²) in [4.78, 5) is 0. The Kier molecular flexibility index (Phi) is 5.53. The van der Waals surface area contributed by atoms with Crippen LogP contribution in [-0.2, 0) is 4.74 Å². The zero-order chi connectivity index (χ0) is 10.2. The van der Waals surface area contributed by atoms with Crippen LogP contribution in [0.2, 0.25) is 0 Å². The molecule has 80 valence electrons. The summed E-state index contributed by atoms with van der Waals surface area (Å²) >= 11 is 0. The Labute approximate surface area is 85.6 Å². The highest BCUT2D eigenvalue weighted by molar-refractivity contribution is 4.77. The smallest absolute Gasteiger partial charge is 0.0635 e. The SMILES string of the molecule is CC(CC1COCCN1)NCCC#N. The maximum Gasteiger partial charge on any atom is 0.0635 e. The number of hydrogen-bond donors (Lipinski definition) is 2. The van der Waals surface area contributed by atoms with Crippen LogP contribution in [0.3, 0.4) is 0 Å². The highest BCUT2D eigenvalue weighted by Crippen LogP contribution is 2.02. The van der Waals surface area contributed by atoms with Gasteiger partial charge in [0, 0.05) is 31.6 Å². The lowest BCUT2D eigenvalue weighted by molar-refractivity contribution is 0.0713. The van der Waals surface area contributed by atoms with E-state index in [1.54, 1.807) is 0 Å². The van der Waals surface area contributed by atoms with Crippen molar-refractivity contribution in [2.24, 2.45) is 0 Å². The van der Waals surface area contributed by atoms with Crippen LogP contribution < -0.4 is 10.6 Å². The van der Waals surface area contributed by atoms with Crippen LogP contribution in [0.4, 0.5) is 0 Å². The van der Waals surface area contributed by atoms with Crippen molar-refractivity contribution in [1.29, 1.82) is 5.26 Å². The summed E-state index contributed by atoms with van der Waals surface area (Å²) in [5, 5.41) is 15.1. The van der Waals surface area contributed by atoms with Gasteiger partial charge in [0.15, 0.2) is 0 Å². The lowest BCUT2D eigenvalue weighted by atomic mass is 10.1. The van der Waals surface area contributed by atoms with Gasteiger partial charge in [-0.25, -0.2) is 0 Å². The van der Waals surface area contributed by atoms with Gasteiger partial charge in [-0.2, -0.15) is 5.26 Å². The monoisotopic (exact) mass is 197 g/mol. The van der Waals surface area contributed by atoms with E-state index in [4.69, 9.17) is 10.00 Å². The molecular formula is C10H19N3O. The predicted octanol–water partition coefficient (Wildman–Crippen LogP) is 0.257. The van der Waals surface area contributed by atoms with Crippen molar-refractivity contribution in [3.05, 3.63) is 0 Å². The molecule has 0 aromatic rings. The van der Waals surface area contributed by atoms with Gasteiger partial charge in [-0.1, -0.05) is 0 Å². The lowest BCUT2D eigenvalue weighted by Gasteiger charge is -2.26. The predicted molar refractivity (Wildman–Crippen MR) is 54.9 cm³/mol. The minimum Gasteiger partial charge on any atom is -0.379 e. The first-order valence-corrected chi connectivity index (χ1v) is 5.24. The maximum absolute atomic E-state index is 8.38. The molecule has 4 nitrogen and oxygen atoms in total. The highest BCUT2D eigenvalue weighted by Gasteiger charge is 2.15. The van der Waals surface area contributed by atoms with E-state index < -0.39 is 0 Å². The van der Waals surface area contributed by atoms with Crippen molar-refractivity contribution in [3.8, 4) is 6.07 Å². The first kappa shape index (κ1) is 11.4. The molecule has 1 fully saturated rings. The standard InChI is InChI=1S/C10H19N3O/c1-9(12-4-2-3-11)7-10-8-14-6-5-13-10/h9-10,12-13H,2,4-8H2,1H3. The molecule has 1 rings (SSSR count). The summed E-state index contributed by atoms with van der Waals surface area (Å²) in [7, 11) is 0. The molecule has 1 aliphatic rings. The third kappa shape index (κ3) is 4.56. The largest absolute Gasteiger partial charge is 0.379 e. The third-order valence-electron chi connectivity index (χ3n) is 2.37. The average molecular weight is 197 g/mol. The van der Waals surface area contributed by atoms with Crippen molar-refractivity contribution in [3.63, 3.8) is 0 Å². The second-order valence-electron chi connectivity index (χ2n) is 3.72. The van der Waals surface area contributed by atoms with Crippen molar-refractivity contribution in [1.82, 2.24) is 10.6 Å². The van der Waals surface area contributed by atoms with E-state index in [2.05, 4.69) is 23.6 Å². The van der Waals surface area contributed by atoms with Gasteiger partial charge in [-0.3, -0.25) is 0 Å². The summed E-state index contributed by atoms with van der Waals surface area (Å²) < 4.78 is 5.37. The zero-order valence-corrected chi connectivity index (χ0v) is 8.75. The molecule has 0 aromatic carbocycles. The van der Waals surface area contributed by atoms with E-state index in [0.717, 1.165) is 32.7 Å². The van der Waals surface area contributed by atoms with Crippen molar-refractivity contribution in [2.75, 3.05) is 26.3 Å². The Morgan fingerprint density at radius 3 is 3.21 bits per heavy atom. The molecule has 0 aromatic heterocycles. The van der Waals surface area contributed by atoms with Gasteiger partial charge in [-0.05, 0) is 13.3 Å². The van der Waals surface area contributed by atoms with Crippen molar-refractivity contribution >= 4 is 0 Å². The normalized spacial score (nSPS) is 24.1. The molecule has 0 amide bonds. The van der Waals surface area contributed by atoms with Gasteiger partial charge >= 0.3 is 0 Å². The molecule has 0 spiro atoms. The van der Waals surface area contributed by atoms with Crippen LogP contribution in [0, 0.1) is 11.3 Å². The molecule has 1 aliphatic heterocycles. The Hall–Kier alpha value is -0.630.